The van der Waals surface area contributed by atoms with E-state index in [1.165, 1.54) is 23.1 Å². The van der Waals surface area contributed by atoms with Crippen molar-refractivity contribution in [3.63, 3.8) is 0 Å². The summed E-state index contributed by atoms with van der Waals surface area (Å²) in [6.45, 7) is 0.413. The minimum atomic E-state index is -0.599. The van der Waals surface area contributed by atoms with E-state index in [1.54, 1.807) is 29.2 Å². The van der Waals surface area contributed by atoms with Crippen LogP contribution in [-0.4, -0.2) is 29.5 Å². The van der Waals surface area contributed by atoms with Crippen LogP contribution in [0, 0.1) is 11.8 Å². The monoisotopic (exact) mass is 599 g/mol. The van der Waals surface area contributed by atoms with Crippen LogP contribution < -0.4 is 16.0 Å². The minimum Gasteiger partial charge on any atom is -0.366 e. The number of halogens is 1. The molecule has 1 saturated heterocycles. The number of hydrogen-bond donors (Lipinski definition) is 2. The number of nitrogens with two attached hydrogens (primary N) is 1. The molecular formula is C32H26ClN3O3S2. The summed E-state index contributed by atoms with van der Waals surface area (Å²) in [5.74, 6) is 5.38. The molecular weight excluding hydrogens is 574 g/mol. The second-order valence-corrected chi connectivity index (χ2v) is 12.1. The van der Waals surface area contributed by atoms with E-state index in [2.05, 4.69) is 17.2 Å². The van der Waals surface area contributed by atoms with E-state index in [0.717, 1.165) is 20.9 Å². The van der Waals surface area contributed by atoms with Crippen LogP contribution in [0.15, 0.2) is 91.0 Å². The summed E-state index contributed by atoms with van der Waals surface area (Å²) < 4.78 is 0. The number of benzene rings is 3. The summed E-state index contributed by atoms with van der Waals surface area (Å²) in [5.41, 5.74) is 8.24. The van der Waals surface area contributed by atoms with Crippen LogP contribution in [0.1, 0.15) is 43.0 Å². The maximum Gasteiger partial charge on any atom is 0.248 e. The van der Waals surface area contributed by atoms with Crippen LogP contribution in [0.3, 0.4) is 0 Å². The lowest BCUT2D eigenvalue weighted by Crippen LogP contribution is -2.34. The lowest BCUT2D eigenvalue weighted by atomic mass is 10.1. The Bertz CT molecular complexity index is 1640. The van der Waals surface area contributed by atoms with E-state index >= 15 is 0 Å². The zero-order chi connectivity index (χ0) is 28.8. The average Bonchev–Trinajstić information content (AvgIpc) is 3.58. The molecule has 3 amide bonds. The lowest BCUT2D eigenvalue weighted by molar-refractivity contribution is -0.124. The Balaban J connectivity index is 1.34. The molecule has 9 heteroatoms. The minimum absolute atomic E-state index is 0.0284. The number of amides is 3. The lowest BCUT2D eigenvalue weighted by Gasteiger charge is -2.23. The van der Waals surface area contributed by atoms with Gasteiger partial charge in [0.25, 0.3) is 0 Å². The normalized spacial score (nSPS) is 16.2. The summed E-state index contributed by atoms with van der Waals surface area (Å²) in [6, 6.07) is 27.8. The maximum atomic E-state index is 13.7. The molecule has 2 heterocycles. The van der Waals surface area contributed by atoms with Crippen molar-refractivity contribution in [1.29, 1.82) is 0 Å². The standard InChI is InChI=1S/C32H26ClN3O3S2/c33-26-12-5-4-9-22(26)17-18-35-29(37)20-28-31(39)36(24-11-6-10-23(19-24)30(34)38)32(41-28)27-16-15-25(40-27)14-13-21-7-2-1-3-8-21/h1-12,15-16,19,28,32H,17-18,20H2,(H2,34,38)(H,35,37). The highest BCUT2D eigenvalue weighted by molar-refractivity contribution is 8.01. The van der Waals surface area contributed by atoms with E-state index in [0.29, 0.717) is 29.2 Å². The van der Waals surface area contributed by atoms with Gasteiger partial charge in [0.05, 0.1) is 10.1 Å². The van der Waals surface area contributed by atoms with Crippen molar-refractivity contribution >= 4 is 58.1 Å². The molecule has 4 aromatic rings. The van der Waals surface area contributed by atoms with Gasteiger partial charge in [-0.2, -0.15) is 0 Å². The number of thiophene rings is 1. The molecule has 3 aromatic carbocycles. The quantitative estimate of drug-likeness (QED) is 0.251. The molecule has 1 aromatic heterocycles. The van der Waals surface area contributed by atoms with Gasteiger partial charge in [-0.05, 0) is 60.5 Å². The van der Waals surface area contributed by atoms with Crippen molar-refractivity contribution < 1.29 is 14.4 Å². The Morgan fingerprint density at radius 3 is 2.51 bits per heavy atom. The summed E-state index contributed by atoms with van der Waals surface area (Å²) in [5, 5.41) is 2.59. The third kappa shape index (κ3) is 7.01. The van der Waals surface area contributed by atoms with Crippen LogP contribution in [0.5, 0.6) is 0 Å². The number of nitrogens with one attached hydrogen (secondary N) is 1. The highest BCUT2D eigenvalue weighted by Crippen LogP contribution is 2.48. The van der Waals surface area contributed by atoms with Gasteiger partial charge in [-0.1, -0.05) is 65.9 Å². The predicted molar refractivity (Wildman–Crippen MR) is 166 cm³/mol. The number of anilines is 1. The zero-order valence-corrected chi connectivity index (χ0v) is 24.3. The first-order chi connectivity index (χ1) is 19.9. The topological polar surface area (TPSA) is 92.5 Å². The summed E-state index contributed by atoms with van der Waals surface area (Å²) in [6.07, 6.45) is 0.619. The van der Waals surface area contributed by atoms with Crippen LogP contribution in [0.4, 0.5) is 5.69 Å². The summed E-state index contributed by atoms with van der Waals surface area (Å²) >= 11 is 9.14. The molecule has 1 aliphatic heterocycles. The van der Waals surface area contributed by atoms with Crippen LogP contribution >= 0.6 is 34.7 Å². The molecule has 1 aliphatic rings. The van der Waals surface area contributed by atoms with Gasteiger partial charge < -0.3 is 11.1 Å². The van der Waals surface area contributed by atoms with E-state index in [9.17, 15) is 14.4 Å². The zero-order valence-electron chi connectivity index (χ0n) is 21.9. The van der Waals surface area contributed by atoms with E-state index < -0.39 is 11.2 Å². The Hall–Kier alpha value is -4.03. The van der Waals surface area contributed by atoms with E-state index in [1.807, 2.05) is 66.7 Å². The highest BCUT2D eigenvalue weighted by atomic mass is 35.5. The van der Waals surface area contributed by atoms with E-state index in [-0.39, 0.29) is 23.6 Å². The third-order valence-corrected chi connectivity index (χ3v) is 9.46. The second-order valence-electron chi connectivity index (χ2n) is 9.31. The predicted octanol–water partition coefficient (Wildman–Crippen LogP) is 5.80. The van der Waals surface area contributed by atoms with Crippen molar-refractivity contribution in [3.8, 4) is 11.8 Å². The van der Waals surface area contributed by atoms with Crippen molar-refractivity contribution in [1.82, 2.24) is 5.32 Å². The van der Waals surface area contributed by atoms with E-state index in [4.69, 9.17) is 17.3 Å². The molecule has 41 heavy (non-hydrogen) atoms. The van der Waals surface area contributed by atoms with Crippen molar-refractivity contribution in [3.05, 3.63) is 122 Å². The van der Waals surface area contributed by atoms with Crippen molar-refractivity contribution in [2.24, 2.45) is 5.73 Å². The fraction of sp³-hybridized carbons (Fsp3) is 0.156. The fourth-order valence-electron chi connectivity index (χ4n) is 4.43. The summed E-state index contributed by atoms with van der Waals surface area (Å²) in [7, 11) is 0. The molecule has 0 bridgehead atoms. The fourth-order valence-corrected chi connectivity index (χ4v) is 7.16. The molecule has 2 unspecified atom stereocenters. The number of nitrogens with zero attached hydrogens (tertiary/aromatic N) is 1. The molecule has 5 rings (SSSR count). The second kappa shape index (κ2) is 13.1. The van der Waals surface area contributed by atoms with Crippen LogP contribution in [0.2, 0.25) is 5.02 Å². The molecule has 2 atom stereocenters. The first kappa shape index (κ1) is 28.5. The Morgan fingerprint density at radius 1 is 0.951 bits per heavy atom. The van der Waals surface area contributed by atoms with Gasteiger partial charge in [0.1, 0.15) is 5.37 Å². The smallest absolute Gasteiger partial charge is 0.248 e. The highest BCUT2D eigenvalue weighted by Gasteiger charge is 2.43. The third-order valence-electron chi connectivity index (χ3n) is 6.47. The number of hydrogen-bond acceptors (Lipinski definition) is 5. The molecule has 0 saturated carbocycles. The van der Waals surface area contributed by atoms with Crippen molar-refractivity contribution in [2.75, 3.05) is 11.4 Å². The molecule has 0 radical (unpaired) electrons. The number of carbonyl (C=O) groups is 3. The van der Waals surface area contributed by atoms with Gasteiger partial charge >= 0.3 is 0 Å². The molecule has 3 N–H and O–H groups in total. The largest absolute Gasteiger partial charge is 0.366 e. The number of carbonyl (C=O) groups excluding carboxylic acids is 3. The van der Waals surface area contributed by atoms with Gasteiger partial charge in [-0.15, -0.1) is 23.1 Å². The molecule has 1 fully saturated rings. The Kier molecular flexibility index (Phi) is 9.10. The van der Waals surface area contributed by atoms with Gasteiger partial charge in [0, 0.05) is 39.7 Å². The van der Waals surface area contributed by atoms with Gasteiger partial charge in [0.2, 0.25) is 17.7 Å². The molecule has 0 spiro atoms. The Morgan fingerprint density at radius 2 is 1.73 bits per heavy atom. The van der Waals surface area contributed by atoms with Gasteiger partial charge in [0.15, 0.2) is 0 Å². The number of rotatable bonds is 8. The SMILES string of the molecule is NC(=O)c1cccc(N2C(=O)C(CC(=O)NCCc3ccccc3Cl)SC2c2ccc(C#Cc3ccccc3)s2)c1. The molecule has 0 aliphatic carbocycles. The first-order valence-electron chi connectivity index (χ1n) is 12.9. The van der Waals surface area contributed by atoms with Gasteiger partial charge in [-0.3, -0.25) is 19.3 Å². The van der Waals surface area contributed by atoms with Crippen molar-refractivity contribution in [2.45, 2.75) is 23.5 Å². The Labute approximate surface area is 251 Å². The molecule has 6 nitrogen and oxygen atoms in total. The van der Waals surface area contributed by atoms with Crippen LogP contribution in [-0.2, 0) is 16.0 Å². The summed E-state index contributed by atoms with van der Waals surface area (Å²) in [4.78, 5) is 41.9. The van der Waals surface area contributed by atoms with Crippen LogP contribution in [0.25, 0.3) is 0 Å². The number of thioether (sulfide) groups is 1. The average molecular weight is 600 g/mol. The maximum absolute atomic E-state index is 13.7. The van der Waals surface area contributed by atoms with Gasteiger partial charge in [-0.25, -0.2) is 0 Å². The first-order valence-corrected chi connectivity index (χ1v) is 15.1. The number of primary amides is 1. The molecule has 206 valence electrons.